The zero-order valence-corrected chi connectivity index (χ0v) is 22.0. The SMILES string of the molecule is COc1ccc(CCN[C@H]2CCC[C@H]([C@](C#N)(c3ccc(OC)c(OC)c3)C(C)C)C2)cc1OC. The molecule has 1 N–H and O–H groups in total. The Balaban J connectivity index is 1.73. The van der Waals surface area contributed by atoms with E-state index < -0.39 is 5.41 Å². The molecule has 1 aliphatic carbocycles. The molecule has 190 valence electrons. The van der Waals surface area contributed by atoms with Gasteiger partial charge >= 0.3 is 0 Å². The lowest BCUT2D eigenvalue weighted by molar-refractivity contribution is 0.173. The maximum Gasteiger partial charge on any atom is 0.161 e. The molecule has 3 atom stereocenters. The van der Waals surface area contributed by atoms with E-state index in [2.05, 4.69) is 31.3 Å². The van der Waals surface area contributed by atoms with Crippen molar-refractivity contribution in [3.05, 3.63) is 47.5 Å². The molecule has 0 aromatic heterocycles. The molecule has 0 spiro atoms. The first-order valence-electron chi connectivity index (χ1n) is 12.5. The molecule has 0 saturated heterocycles. The topological polar surface area (TPSA) is 72.7 Å². The molecule has 35 heavy (non-hydrogen) atoms. The summed E-state index contributed by atoms with van der Waals surface area (Å²) in [6.45, 7) is 5.20. The molecule has 1 saturated carbocycles. The highest BCUT2D eigenvalue weighted by Gasteiger charge is 2.45. The van der Waals surface area contributed by atoms with E-state index >= 15 is 0 Å². The Hall–Kier alpha value is -2.91. The minimum atomic E-state index is -0.580. The van der Waals surface area contributed by atoms with Crippen LogP contribution in [0.25, 0.3) is 0 Å². The van der Waals surface area contributed by atoms with E-state index in [1.165, 1.54) is 5.56 Å². The Kier molecular flexibility index (Phi) is 9.28. The van der Waals surface area contributed by atoms with Crippen LogP contribution in [0.2, 0.25) is 0 Å². The fourth-order valence-corrected chi connectivity index (χ4v) is 5.66. The molecule has 0 radical (unpaired) electrons. The first kappa shape index (κ1) is 26.7. The second kappa shape index (κ2) is 12.2. The van der Waals surface area contributed by atoms with Crippen molar-refractivity contribution in [2.45, 2.75) is 57.4 Å². The van der Waals surface area contributed by atoms with E-state index in [4.69, 9.17) is 18.9 Å². The number of nitrogens with one attached hydrogen (secondary N) is 1. The molecule has 6 heteroatoms. The van der Waals surface area contributed by atoms with Gasteiger partial charge in [-0.25, -0.2) is 0 Å². The summed E-state index contributed by atoms with van der Waals surface area (Å²) in [6, 6.07) is 15.2. The van der Waals surface area contributed by atoms with Gasteiger partial charge in [0.25, 0.3) is 0 Å². The van der Waals surface area contributed by atoms with Crippen molar-refractivity contribution in [3.8, 4) is 29.1 Å². The van der Waals surface area contributed by atoms with Crippen LogP contribution in [-0.4, -0.2) is 41.0 Å². The fourth-order valence-electron chi connectivity index (χ4n) is 5.66. The standard InChI is InChI=1S/C29H40N2O4/c1-20(2)29(19-30,23-11-13-26(33-4)28(18-23)35-6)22-8-7-9-24(17-22)31-15-14-21-10-12-25(32-3)27(16-21)34-5/h10-13,16,18,20,22,24,31H,7-9,14-15,17H2,1-6H3/t22-,24-,29+/m0/s1. The molecular weight excluding hydrogens is 440 g/mol. The lowest BCUT2D eigenvalue weighted by Gasteiger charge is -2.43. The van der Waals surface area contributed by atoms with Gasteiger partial charge in [0.05, 0.1) is 39.9 Å². The predicted octanol–water partition coefficient (Wildman–Crippen LogP) is 5.53. The molecule has 0 aliphatic heterocycles. The Morgan fingerprint density at radius 3 is 2.14 bits per heavy atom. The molecule has 6 nitrogen and oxygen atoms in total. The fraction of sp³-hybridized carbons (Fsp3) is 0.552. The third-order valence-corrected chi connectivity index (χ3v) is 7.57. The number of nitriles is 1. The molecule has 0 amide bonds. The van der Waals surface area contributed by atoms with Gasteiger partial charge in [0.1, 0.15) is 0 Å². The van der Waals surface area contributed by atoms with Gasteiger partial charge in [-0.1, -0.05) is 32.4 Å². The van der Waals surface area contributed by atoms with Crippen molar-refractivity contribution in [2.75, 3.05) is 35.0 Å². The summed E-state index contributed by atoms with van der Waals surface area (Å²) in [6.07, 6.45) is 5.18. The molecule has 0 unspecified atom stereocenters. The van der Waals surface area contributed by atoms with Crippen molar-refractivity contribution in [3.63, 3.8) is 0 Å². The maximum atomic E-state index is 10.6. The molecular formula is C29H40N2O4. The quantitative estimate of drug-likeness (QED) is 0.456. The number of benzene rings is 2. The minimum Gasteiger partial charge on any atom is -0.493 e. The van der Waals surface area contributed by atoms with Crippen LogP contribution in [-0.2, 0) is 11.8 Å². The van der Waals surface area contributed by atoms with Crippen molar-refractivity contribution in [1.82, 2.24) is 5.32 Å². The summed E-state index contributed by atoms with van der Waals surface area (Å²) < 4.78 is 21.8. The van der Waals surface area contributed by atoms with Crippen LogP contribution < -0.4 is 24.3 Å². The number of hydrogen-bond donors (Lipinski definition) is 1. The zero-order chi connectivity index (χ0) is 25.4. The average Bonchev–Trinajstić information content (AvgIpc) is 2.89. The van der Waals surface area contributed by atoms with E-state index in [-0.39, 0.29) is 11.8 Å². The van der Waals surface area contributed by atoms with E-state index in [1.54, 1.807) is 28.4 Å². The Morgan fingerprint density at radius 1 is 0.914 bits per heavy atom. The van der Waals surface area contributed by atoms with Crippen molar-refractivity contribution in [2.24, 2.45) is 11.8 Å². The van der Waals surface area contributed by atoms with Crippen LogP contribution in [0, 0.1) is 23.2 Å². The lowest BCUT2D eigenvalue weighted by Crippen LogP contribution is -2.45. The predicted molar refractivity (Wildman–Crippen MR) is 139 cm³/mol. The van der Waals surface area contributed by atoms with Gasteiger partial charge < -0.3 is 24.3 Å². The third-order valence-electron chi connectivity index (χ3n) is 7.57. The van der Waals surface area contributed by atoms with E-state index in [9.17, 15) is 5.26 Å². The smallest absolute Gasteiger partial charge is 0.161 e. The maximum absolute atomic E-state index is 10.6. The molecule has 2 aromatic rings. The number of nitrogens with zero attached hydrogens (tertiary/aromatic N) is 1. The van der Waals surface area contributed by atoms with Gasteiger partial charge in [-0.15, -0.1) is 0 Å². The normalized spacial score (nSPS) is 19.5. The zero-order valence-electron chi connectivity index (χ0n) is 22.0. The van der Waals surface area contributed by atoms with Crippen LogP contribution in [0.4, 0.5) is 0 Å². The largest absolute Gasteiger partial charge is 0.493 e. The third kappa shape index (κ3) is 5.67. The number of rotatable bonds is 11. The average molecular weight is 481 g/mol. The first-order valence-corrected chi connectivity index (χ1v) is 12.5. The number of ether oxygens (including phenoxy) is 4. The Bertz CT molecular complexity index is 1020. The number of methoxy groups -OCH3 is 4. The first-order chi connectivity index (χ1) is 16.9. The highest BCUT2D eigenvalue weighted by Crippen LogP contribution is 2.47. The van der Waals surface area contributed by atoms with Crippen LogP contribution in [0.15, 0.2) is 36.4 Å². The second-order valence-electron chi connectivity index (χ2n) is 9.66. The van der Waals surface area contributed by atoms with E-state index in [0.717, 1.165) is 55.7 Å². The highest BCUT2D eigenvalue weighted by molar-refractivity contribution is 5.48. The second-order valence-corrected chi connectivity index (χ2v) is 9.66. The summed E-state index contributed by atoms with van der Waals surface area (Å²) in [5.74, 6) is 3.29. The Morgan fingerprint density at radius 2 is 1.54 bits per heavy atom. The van der Waals surface area contributed by atoms with Crippen molar-refractivity contribution in [1.29, 1.82) is 5.26 Å². The van der Waals surface area contributed by atoms with Crippen LogP contribution >= 0.6 is 0 Å². The summed E-state index contributed by atoms with van der Waals surface area (Å²) >= 11 is 0. The van der Waals surface area contributed by atoms with Crippen LogP contribution in [0.3, 0.4) is 0 Å². The van der Waals surface area contributed by atoms with Gasteiger partial charge in [-0.3, -0.25) is 0 Å². The monoisotopic (exact) mass is 480 g/mol. The highest BCUT2D eigenvalue weighted by atomic mass is 16.5. The summed E-state index contributed by atoms with van der Waals surface area (Å²) in [7, 11) is 6.59. The van der Waals surface area contributed by atoms with Crippen molar-refractivity contribution < 1.29 is 18.9 Å². The van der Waals surface area contributed by atoms with E-state index in [1.807, 2.05) is 30.3 Å². The molecule has 1 aliphatic rings. The van der Waals surface area contributed by atoms with Gasteiger partial charge in [0, 0.05) is 6.04 Å². The summed E-state index contributed by atoms with van der Waals surface area (Å²) in [5.41, 5.74) is 1.65. The summed E-state index contributed by atoms with van der Waals surface area (Å²) in [4.78, 5) is 0. The molecule has 2 aromatic carbocycles. The van der Waals surface area contributed by atoms with Crippen molar-refractivity contribution >= 4 is 0 Å². The molecule has 0 heterocycles. The van der Waals surface area contributed by atoms with Crippen LogP contribution in [0.1, 0.15) is 50.7 Å². The summed E-state index contributed by atoms with van der Waals surface area (Å²) in [5, 5.41) is 14.3. The van der Waals surface area contributed by atoms with Crippen LogP contribution in [0.5, 0.6) is 23.0 Å². The molecule has 0 bridgehead atoms. The van der Waals surface area contributed by atoms with Gasteiger partial charge in [-0.2, -0.15) is 5.26 Å². The molecule has 1 fully saturated rings. The van der Waals surface area contributed by atoms with Gasteiger partial charge in [-0.05, 0) is 79.5 Å². The number of hydrogen-bond acceptors (Lipinski definition) is 6. The minimum absolute atomic E-state index is 0.168. The Labute approximate surface area is 210 Å². The molecule has 3 rings (SSSR count). The van der Waals surface area contributed by atoms with Gasteiger partial charge in [0.2, 0.25) is 0 Å². The van der Waals surface area contributed by atoms with E-state index in [0.29, 0.717) is 17.5 Å². The van der Waals surface area contributed by atoms with Gasteiger partial charge in [0.15, 0.2) is 23.0 Å². The lowest BCUT2D eigenvalue weighted by atomic mass is 9.60.